The molecule has 0 spiro atoms. The number of amides is 1. The lowest BCUT2D eigenvalue weighted by atomic mass is 9.89. The number of nitrogens with zero attached hydrogens (tertiary/aromatic N) is 1. The molecule has 8 heteroatoms. The van der Waals surface area contributed by atoms with Crippen LogP contribution in [0.3, 0.4) is 0 Å². The molecule has 0 saturated heterocycles. The lowest BCUT2D eigenvalue weighted by molar-refractivity contribution is -0.138. The molecule has 0 fully saturated rings. The Balaban J connectivity index is 1.96. The molecule has 3 rings (SSSR count). The van der Waals surface area contributed by atoms with Crippen molar-refractivity contribution < 1.29 is 28.2 Å². The van der Waals surface area contributed by atoms with E-state index in [0.717, 1.165) is 24.8 Å². The van der Waals surface area contributed by atoms with E-state index in [4.69, 9.17) is 14.2 Å². The van der Waals surface area contributed by atoms with Crippen molar-refractivity contribution in [2.24, 2.45) is 5.92 Å². The first kappa shape index (κ1) is 29.3. The zero-order valence-corrected chi connectivity index (χ0v) is 23.4. The Bertz CT molecular complexity index is 1100. The van der Waals surface area contributed by atoms with Gasteiger partial charge in [-0.2, -0.15) is 0 Å². The summed E-state index contributed by atoms with van der Waals surface area (Å²) in [4.78, 5) is 26.7. The third-order valence-electron chi connectivity index (χ3n) is 6.47. The van der Waals surface area contributed by atoms with Crippen molar-refractivity contribution in [3.63, 3.8) is 0 Å². The van der Waals surface area contributed by atoms with E-state index in [2.05, 4.69) is 19.2 Å². The van der Waals surface area contributed by atoms with Crippen molar-refractivity contribution in [2.45, 2.75) is 85.1 Å². The molecule has 1 aliphatic rings. The summed E-state index contributed by atoms with van der Waals surface area (Å²) in [5.74, 6) is -0.168. The SMILES string of the molecule is COC(=O)CNc1c(OCc2ccccc2)cc2c(c1F)C[C@H](CCCC(C)C)N(C(=O)OC(C)(C)C)C2. The summed E-state index contributed by atoms with van der Waals surface area (Å²) in [6.07, 6.45) is 2.63. The number of halogens is 1. The number of rotatable bonds is 10. The fourth-order valence-electron chi connectivity index (χ4n) is 4.54. The van der Waals surface area contributed by atoms with Gasteiger partial charge in [0, 0.05) is 12.6 Å². The second-order valence-electron chi connectivity index (χ2n) is 11.2. The molecule has 2 aromatic carbocycles. The molecule has 1 N–H and O–H groups in total. The van der Waals surface area contributed by atoms with Gasteiger partial charge in [-0.25, -0.2) is 9.18 Å². The van der Waals surface area contributed by atoms with Gasteiger partial charge in [0.25, 0.3) is 0 Å². The molecule has 0 radical (unpaired) electrons. The van der Waals surface area contributed by atoms with Crippen LogP contribution >= 0.6 is 0 Å². The maximum Gasteiger partial charge on any atom is 0.410 e. The molecule has 1 atom stereocenters. The summed E-state index contributed by atoms with van der Waals surface area (Å²) in [6.45, 7) is 10.1. The molecule has 0 aromatic heterocycles. The summed E-state index contributed by atoms with van der Waals surface area (Å²) in [5, 5.41) is 2.88. The van der Waals surface area contributed by atoms with Crippen LogP contribution in [0.4, 0.5) is 14.9 Å². The Hall–Kier alpha value is -3.29. The number of hydrogen-bond donors (Lipinski definition) is 1. The van der Waals surface area contributed by atoms with Gasteiger partial charge in [-0.1, -0.05) is 57.0 Å². The summed E-state index contributed by atoms with van der Waals surface area (Å²) in [7, 11) is 1.28. The van der Waals surface area contributed by atoms with Gasteiger partial charge in [0.15, 0.2) is 5.82 Å². The molecule has 208 valence electrons. The zero-order chi connectivity index (χ0) is 27.9. The molecular weight excluding hydrogens is 487 g/mol. The van der Waals surface area contributed by atoms with Crippen molar-refractivity contribution in [3.8, 4) is 5.75 Å². The van der Waals surface area contributed by atoms with Crippen LogP contribution in [0.1, 0.15) is 70.6 Å². The highest BCUT2D eigenvalue weighted by molar-refractivity contribution is 5.76. The number of benzene rings is 2. The van der Waals surface area contributed by atoms with Gasteiger partial charge in [-0.3, -0.25) is 4.79 Å². The second kappa shape index (κ2) is 13.0. The number of hydrogen-bond acceptors (Lipinski definition) is 6. The number of nitrogens with one attached hydrogen (secondary N) is 1. The van der Waals surface area contributed by atoms with Gasteiger partial charge in [-0.05, 0) is 62.3 Å². The quantitative estimate of drug-likeness (QED) is 0.356. The second-order valence-corrected chi connectivity index (χ2v) is 11.2. The molecule has 7 nitrogen and oxygen atoms in total. The smallest absolute Gasteiger partial charge is 0.410 e. The molecule has 1 aliphatic heterocycles. The number of anilines is 1. The van der Waals surface area contributed by atoms with Crippen molar-refractivity contribution in [2.75, 3.05) is 19.0 Å². The topological polar surface area (TPSA) is 77.1 Å². The van der Waals surface area contributed by atoms with Gasteiger partial charge in [0.05, 0.1) is 7.11 Å². The van der Waals surface area contributed by atoms with E-state index in [0.29, 0.717) is 23.5 Å². The average molecular weight is 529 g/mol. The Labute approximate surface area is 225 Å². The van der Waals surface area contributed by atoms with Crippen LogP contribution in [0.5, 0.6) is 5.75 Å². The van der Waals surface area contributed by atoms with Gasteiger partial charge < -0.3 is 24.4 Å². The Morgan fingerprint density at radius 1 is 1.18 bits per heavy atom. The van der Waals surface area contributed by atoms with Gasteiger partial charge in [-0.15, -0.1) is 0 Å². The number of methoxy groups -OCH3 is 1. The largest absolute Gasteiger partial charge is 0.487 e. The number of fused-ring (bicyclic) bond motifs is 1. The normalized spacial score (nSPS) is 15.2. The maximum atomic E-state index is 16.1. The minimum atomic E-state index is -0.642. The van der Waals surface area contributed by atoms with Gasteiger partial charge >= 0.3 is 12.1 Å². The molecule has 38 heavy (non-hydrogen) atoms. The zero-order valence-electron chi connectivity index (χ0n) is 23.4. The lowest BCUT2D eigenvalue weighted by Crippen LogP contribution is -2.46. The van der Waals surface area contributed by atoms with Crippen LogP contribution in [0, 0.1) is 11.7 Å². The molecule has 0 bridgehead atoms. The Kier molecular flexibility index (Phi) is 10.00. The first-order valence-corrected chi connectivity index (χ1v) is 13.3. The van der Waals surface area contributed by atoms with Crippen molar-refractivity contribution in [1.82, 2.24) is 4.90 Å². The molecule has 0 aliphatic carbocycles. The number of ether oxygens (including phenoxy) is 3. The van der Waals surface area contributed by atoms with E-state index in [1.165, 1.54) is 7.11 Å². The number of carbonyl (C=O) groups excluding carboxylic acids is 2. The molecule has 0 saturated carbocycles. The summed E-state index contributed by atoms with van der Waals surface area (Å²) < 4.78 is 32.6. The Morgan fingerprint density at radius 2 is 1.89 bits per heavy atom. The summed E-state index contributed by atoms with van der Waals surface area (Å²) >= 11 is 0. The van der Waals surface area contributed by atoms with E-state index >= 15 is 4.39 Å². The Morgan fingerprint density at radius 3 is 2.53 bits per heavy atom. The standard InChI is InChI=1S/C30H41FN2O5/c1-20(2)11-10-14-23-16-24-22(18-33(23)29(35)38-30(3,4)5)15-25(37-19-21-12-8-7-9-13-21)28(27(24)31)32-17-26(34)36-6/h7-9,12-13,15,20,23,32H,10-11,14,16-19H2,1-6H3/t23-/m0/s1. The van der Waals surface area contributed by atoms with E-state index in [1.807, 2.05) is 51.1 Å². The minimum Gasteiger partial charge on any atom is -0.487 e. The highest BCUT2D eigenvalue weighted by atomic mass is 19.1. The third-order valence-corrected chi connectivity index (χ3v) is 6.47. The molecule has 2 aromatic rings. The number of esters is 1. The molecular formula is C30H41FN2O5. The summed E-state index contributed by atoms with van der Waals surface area (Å²) in [5.41, 5.74) is 1.59. The van der Waals surface area contributed by atoms with Gasteiger partial charge in [0.2, 0.25) is 0 Å². The lowest BCUT2D eigenvalue weighted by Gasteiger charge is -2.38. The van der Waals surface area contributed by atoms with E-state index in [9.17, 15) is 9.59 Å². The predicted octanol–water partition coefficient (Wildman–Crippen LogP) is 6.48. The predicted molar refractivity (Wildman–Crippen MR) is 146 cm³/mol. The van der Waals surface area contributed by atoms with Crippen molar-refractivity contribution in [3.05, 3.63) is 58.9 Å². The first-order chi connectivity index (χ1) is 18.0. The van der Waals surface area contributed by atoms with Crippen molar-refractivity contribution >= 4 is 17.7 Å². The maximum absolute atomic E-state index is 16.1. The van der Waals surface area contributed by atoms with Crippen LogP contribution in [0.25, 0.3) is 0 Å². The van der Waals surface area contributed by atoms with Crippen LogP contribution in [0.2, 0.25) is 0 Å². The van der Waals surface area contributed by atoms with Crippen LogP contribution in [0.15, 0.2) is 36.4 Å². The van der Waals surface area contributed by atoms with Crippen LogP contribution in [-0.4, -0.2) is 42.3 Å². The molecule has 1 amide bonds. The van der Waals surface area contributed by atoms with Crippen LogP contribution < -0.4 is 10.1 Å². The summed E-state index contributed by atoms with van der Waals surface area (Å²) in [6, 6.07) is 11.1. The monoisotopic (exact) mass is 528 g/mol. The van der Waals surface area contributed by atoms with E-state index in [1.54, 1.807) is 11.0 Å². The van der Waals surface area contributed by atoms with Gasteiger partial charge in [0.1, 0.15) is 30.2 Å². The highest BCUT2D eigenvalue weighted by Gasteiger charge is 2.35. The molecule has 0 unspecified atom stereocenters. The van der Waals surface area contributed by atoms with E-state index < -0.39 is 23.5 Å². The number of carbonyl (C=O) groups is 2. The average Bonchev–Trinajstić information content (AvgIpc) is 2.86. The fraction of sp³-hybridized carbons (Fsp3) is 0.533. The molecule has 1 heterocycles. The first-order valence-electron chi connectivity index (χ1n) is 13.3. The highest BCUT2D eigenvalue weighted by Crippen LogP contribution is 2.38. The third kappa shape index (κ3) is 8.10. The van der Waals surface area contributed by atoms with Crippen molar-refractivity contribution in [1.29, 1.82) is 0 Å². The minimum absolute atomic E-state index is 0.122. The van der Waals surface area contributed by atoms with E-state index in [-0.39, 0.29) is 37.2 Å². The van der Waals surface area contributed by atoms with Crippen LogP contribution in [-0.2, 0) is 33.8 Å². The fourth-order valence-corrected chi connectivity index (χ4v) is 4.54.